The molecule has 0 spiro atoms. The van der Waals surface area contributed by atoms with Crippen molar-refractivity contribution in [2.24, 2.45) is 28.6 Å². The lowest BCUT2D eigenvalue weighted by atomic mass is 9.45. The number of nitrogens with one attached hydrogen (secondary N) is 1. The Morgan fingerprint density at radius 3 is 2.55 bits per heavy atom. The van der Waals surface area contributed by atoms with Gasteiger partial charge in [-0.15, -0.1) is 0 Å². The standard InChI is InChI=1S/C35H44N2O12/c1-33-12-10-21(38)16-20(33)5-6-22-23-11-13-35(45,34(23,2)17-27(40)31(22)33)28(41)18-49-30(43)9-8-29(42)36-24(32(44)48-3)14-19-4-7-26(39)25(15-19)37(46)47/h4,7,15-16,22-24,27,31,39-40,45H,5-6,8-14,17-18H2,1-3H3,(H,36,42)/t22?,23?,24?,27?,31?,33-,34-,35-/m0/s1. The van der Waals surface area contributed by atoms with E-state index in [1.54, 1.807) is 6.08 Å². The molecule has 0 radical (unpaired) electrons. The number of carbonyl (C=O) groups excluding carboxylic acids is 5. The molecule has 5 rings (SSSR count). The third kappa shape index (κ3) is 6.60. The molecule has 3 saturated carbocycles. The number of nitrogens with zero attached hydrogens (tertiary/aromatic N) is 1. The number of Topliss-reactive ketones (excluding diaryl/α,β-unsaturated/α-hetero) is 1. The van der Waals surface area contributed by atoms with Gasteiger partial charge in [-0.2, -0.15) is 0 Å². The second-order valence-electron chi connectivity index (χ2n) is 14.5. The highest BCUT2D eigenvalue weighted by Crippen LogP contribution is 2.67. The molecule has 14 nitrogen and oxygen atoms in total. The zero-order chi connectivity index (χ0) is 35.9. The normalized spacial score (nSPS) is 32.4. The SMILES string of the molecule is COC(=O)C(Cc1ccc(O)c([N+](=O)[O-])c1)NC(=O)CCC(=O)OCC(=O)[C@@]1(O)CCC2C3CCC4=CC(=O)CC[C@]4(C)C3C(O)C[C@@]21C. The van der Waals surface area contributed by atoms with Gasteiger partial charge in [-0.3, -0.25) is 29.3 Å². The molecule has 266 valence electrons. The van der Waals surface area contributed by atoms with Crippen LogP contribution in [0.3, 0.4) is 0 Å². The van der Waals surface area contributed by atoms with Crippen LogP contribution in [0.5, 0.6) is 5.75 Å². The fourth-order valence-electron chi connectivity index (χ4n) is 9.38. The summed E-state index contributed by atoms with van der Waals surface area (Å²) < 4.78 is 9.92. The lowest BCUT2D eigenvalue weighted by molar-refractivity contribution is -0.385. The van der Waals surface area contributed by atoms with Gasteiger partial charge in [-0.1, -0.05) is 25.5 Å². The lowest BCUT2D eigenvalue weighted by Crippen LogP contribution is -2.62. The number of nitro groups is 1. The topological polar surface area (TPSA) is 220 Å². The van der Waals surface area contributed by atoms with Gasteiger partial charge in [0, 0.05) is 30.7 Å². The molecule has 4 N–H and O–H groups in total. The number of ketones is 2. The molecular formula is C35H44N2O12. The number of ether oxygens (including phenoxy) is 2. The van der Waals surface area contributed by atoms with Gasteiger partial charge in [0.15, 0.2) is 18.1 Å². The minimum absolute atomic E-state index is 0.0410. The van der Waals surface area contributed by atoms with Gasteiger partial charge in [-0.05, 0) is 79.4 Å². The van der Waals surface area contributed by atoms with Crippen LogP contribution in [0, 0.1) is 38.7 Å². The van der Waals surface area contributed by atoms with E-state index >= 15 is 0 Å². The Morgan fingerprint density at radius 2 is 1.86 bits per heavy atom. The highest BCUT2D eigenvalue weighted by Gasteiger charge is 2.68. The van der Waals surface area contributed by atoms with Crippen LogP contribution in [-0.4, -0.2) is 81.1 Å². The first-order valence-electron chi connectivity index (χ1n) is 16.7. The summed E-state index contributed by atoms with van der Waals surface area (Å²) in [5.41, 5.74) is -2.30. The number of phenolic OH excluding ortho intramolecular Hbond substituents is 1. The van der Waals surface area contributed by atoms with Gasteiger partial charge < -0.3 is 30.1 Å². The molecule has 1 aromatic rings. The van der Waals surface area contributed by atoms with Crippen LogP contribution in [-0.2, 0) is 39.9 Å². The molecule has 0 heterocycles. The second kappa shape index (κ2) is 13.6. The average Bonchev–Trinajstić information content (AvgIpc) is 3.33. The Balaban J connectivity index is 1.16. The minimum Gasteiger partial charge on any atom is -0.502 e. The summed E-state index contributed by atoms with van der Waals surface area (Å²) in [7, 11) is 1.10. The van der Waals surface area contributed by atoms with Crippen molar-refractivity contribution in [3.63, 3.8) is 0 Å². The van der Waals surface area contributed by atoms with Gasteiger partial charge in [0.1, 0.15) is 11.6 Å². The van der Waals surface area contributed by atoms with Gasteiger partial charge in [0.2, 0.25) is 11.7 Å². The number of phenols is 1. The molecule has 0 saturated heterocycles. The predicted molar refractivity (Wildman–Crippen MR) is 171 cm³/mol. The molecule has 0 aromatic heterocycles. The summed E-state index contributed by atoms with van der Waals surface area (Å²) in [4.78, 5) is 73.6. The number of aromatic hydroxyl groups is 1. The van der Waals surface area contributed by atoms with Crippen molar-refractivity contribution in [3.05, 3.63) is 45.5 Å². The summed E-state index contributed by atoms with van der Waals surface area (Å²) in [5, 5.41) is 46.7. The second-order valence-corrected chi connectivity index (χ2v) is 14.5. The van der Waals surface area contributed by atoms with Gasteiger partial charge >= 0.3 is 17.6 Å². The van der Waals surface area contributed by atoms with E-state index in [0.717, 1.165) is 37.7 Å². The molecule has 3 fully saturated rings. The van der Waals surface area contributed by atoms with Crippen LogP contribution in [0.1, 0.15) is 77.2 Å². The van der Waals surface area contributed by atoms with E-state index in [9.17, 15) is 49.4 Å². The number of carbonyl (C=O) groups is 5. The molecule has 49 heavy (non-hydrogen) atoms. The number of allylic oxidation sites excluding steroid dienone is 1. The maximum absolute atomic E-state index is 13.5. The summed E-state index contributed by atoms with van der Waals surface area (Å²) in [5.74, 6) is -3.60. The fraction of sp³-hybridized carbons (Fsp3) is 0.629. The Hall–Kier alpha value is -4.17. The number of amides is 1. The molecule has 14 heteroatoms. The largest absolute Gasteiger partial charge is 0.502 e. The first kappa shape index (κ1) is 36.1. The number of nitro benzene ring substituents is 1. The van der Waals surface area contributed by atoms with Gasteiger partial charge in [0.05, 0.1) is 24.6 Å². The summed E-state index contributed by atoms with van der Waals surface area (Å²) in [6, 6.07) is 2.28. The number of aliphatic hydroxyl groups is 2. The van der Waals surface area contributed by atoms with E-state index in [0.29, 0.717) is 19.3 Å². The molecule has 5 unspecified atom stereocenters. The molecule has 0 bridgehead atoms. The van der Waals surface area contributed by atoms with Crippen molar-refractivity contribution in [1.82, 2.24) is 5.32 Å². The number of esters is 2. The molecule has 4 aliphatic rings. The van der Waals surface area contributed by atoms with Crippen LogP contribution < -0.4 is 5.32 Å². The molecule has 1 amide bonds. The monoisotopic (exact) mass is 684 g/mol. The number of aliphatic hydroxyl groups excluding tert-OH is 1. The van der Waals surface area contributed by atoms with Crippen LogP contribution in [0.15, 0.2) is 29.8 Å². The van der Waals surface area contributed by atoms with E-state index in [1.165, 1.54) is 6.07 Å². The highest BCUT2D eigenvalue weighted by atomic mass is 16.6. The number of rotatable bonds is 11. The molecule has 1 aromatic carbocycles. The Kier molecular flexibility index (Phi) is 10.0. The van der Waals surface area contributed by atoms with Crippen molar-refractivity contribution < 1.29 is 53.7 Å². The highest BCUT2D eigenvalue weighted by molar-refractivity contribution is 5.92. The maximum atomic E-state index is 13.5. The zero-order valence-corrected chi connectivity index (χ0v) is 27.9. The van der Waals surface area contributed by atoms with Crippen molar-refractivity contribution in [2.45, 2.75) is 95.8 Å². The number of hydrogen-bond donors (Lipinski definition) is 4. The number of methoxy groups -OCH3 is 1. The van der Waals surface area contributed by atoms with Crippen molar-refractivity contribution in [3.8, 4) is 5.75 Å². The maximum Gasteiger partial charge on any atom is 0.328 e. The molecule has 8 atom stereocenters. The smallest absolute Gasteiger partial charge is 0.328 e. The average molecular weight is 685 g/mol. The minimum atomic E-state index is -1.82. The van der Waals surface area contributed by atoms with Crippen molar-refractivity contribution in [2.75, 3.05) is 13.7 Å². The third-order valence-corrected chi connectivity index (χ3v) is 11.9. The van der Waals surface area contributed by atoms with Gasteiger partial charge in [-0.25, -0.2) is 4.79 Å². The van der Waals surface area contributed by atoms with E-state index < -0.39 is 82.6 Å². The fourth-order valence-corrected chi connectivity index (χ4v) is 9.38. The summed E-state index contributed by atoms with van der Waals surface area (Å²) in [6.45, 7) is 3.25. The third-order valence-electron chi connectivity index (χ3n) is 11.9. The number of hydrogen-bond acceptors (Lipinski definition) is 12. The first-order chi connectivity index (χ1) is 23.0. The predicted octanol–water partition coefficient (Wildman–Crippen LogP) is 2.63. The van der Waals surface area contributed by atoms with Crippen LogP contribution >= 0.6 is 0 Å². The van der Waals surface area contributed by atoms with E-state index in [4.69, 9.17) is 9.47 Å². The number of benzene rings is 1. The van der Waals surface area contributed by atoms with Gasteiger partial charge in [0.25, 0.3) is 0 Å². The molecule has 4 aliphatic carbocycles. The van der Waals surface area contributed by atoms with Crippen LogP contribution in [0.25, 0.3) is 0 Å². The van der Waals surface area contributed by atoms with E-state index in [-0.39, 0.29) is 53.8 Å². The summed E-state index contributed by atoms with van der Waals surface area (Å²) >= 11 is 0. The molecular weight excluding hydrogens is 640 g/mol. The lowest BCUT2D eigenvalue weighted by Gasteiger charge is -2.60. The Labute approximate surface area is 283 Å². The van der Waals surface area contributed by atoms with Crippen LogP contribution in [0.4, 0.5) is 5.69 Å². The molecule has 0 aliphatic heterocycles. The van der Waals surface area contributed by atoms with E-state index in [2.05, 4.69) is 12.2 Å². The van der Waals surface area contributed by atoms with Crippen molar-refractivity contribution in [1.29, 1.82) is 0 Å². The van der Waals surface area contributed by atoms with Crippen LogP contribution in [0.2, 0.25) is 0 Å². The Bertz CT molecular complexity index is 1590. The zero-order valence-electron chi connectivity index (χ0n) is 27.9. The summed E-state index contributed by atoms with van der Waals surface area (Å²) in [6.07, 6.45) is 3.47. The Morgan fingerprint density at radius 1 is 1.12 bits per heavy atom. The quantitative estimate of drug-likeness (QED) is 0.150. The van der Waals surface area contributed by atoms with Crippen molar-refractivity contribution >= 4 is 35.1 Å². The number of fused-ring (bicyclic) bond motifs is 5. The van der Waals surface area contributed by atoms with E-state index in [1.807, 2.05) is 6.92 Å². The first-order valence-corrected chi connectivity index (χ1v) is 16.7.